The molecule has 0 radical (unpaired) electrons. The maximum atomic E-state index is 6.31. The van der Waals surface area contributed by atoms with Gasteiger partial charge in [0, 0.05) is 12.6 Å². The first kappa shape index (κ1) is 12.9. The van der Waals surface area contributed by atoms with E-state index in [1.807, 2.05) is 11.6 Å². The molecule has 1 aliphatic rings. The van der Waals surface area contributed by atoms with Crippen molar-refractivity contribution in [3.8, 4) is 0 Å². The summed E-state index contributed by atoms with van der Waals surface area (Å²) in [6, 6.07) is 0.783. The Morgan fingerprint density at radius 3 is 2.82 bits per heavy atom. The lowest BCUT2D eigenvalue weighted by molar-refractivity contribution is 0.486. The average molecular weight is 256 g/mol. The SMILES string of the molecule is CCn1nc(C)c(Cl)c1CC(C)CNC1CC1. The summed E-state index contributed by atoms with van der Waals surface area (Å²) < 4.78 is 2.03. The van der Waals surface area contributed by atoms with Crippen molar-refractivity contribution < 1.29 is 0 Å². The first-order valence-corrected chi connectivity index (χ1v) is 6.94. The van der Waals surface area contributed by atoms with E-state index < -0.39 is 0 Å². The van der Waals surface area contributed by atoms with Crippen LogP contribution in [0.3, 0.4) is 0 Å². The summed E-state index contributed by atoms with van der Waals surface area (Å²) in [7, 11) is 0. The average Bonchev–Trinajstić information content (AvgIpc) is 3.09. The molecule has 0 aliphatic heterocycles. The van der Waals surface area contributed by atoms with Crippen molar-refractivity contribution in [2.75, 3.05) is 6.54 Å². The van der Waals surface area contributed by atoms with Gasteiger partial charge in [-0.1, -0.05) is 18.5 Å². The molecule has 0 saturated heterocycles. The molecule has 1 aromatic rings. The van der Waals surface area contributed by atoms with Crippen LogP contribution < -0.4 is 5.32 Å². The summed E-state index contributed by atoms with van der Waals surface area (Å²) in [5.41, 5.74) is 2.14. The molecule has 1 N–H and O–H groups in total. The Morgan fingerprint density at radius 1 is 1.53 bits per heavy atom. The monoisotopic (exact) mass is 255 g/mol. The number of rotatable bonds is 6. The second-order valence-electron chi connectivity index (χ2n) is 5.15. The van der Waals surface area contributed by atoms with Crippen LogP contribution in [0.1, 0.15) is 38.1 Å². The van der Waals surface area contributed by atoms with Crippen LogP contribution in [0.25, 0.3) is 0 Å². The van der Waals surface area contributed by atoms with Crippen LogP contribution >= 0.6 is 11.6 Å². The number of nitrogens with one attached hydrogen (secondary N) is 1. The molecule has 2 rings (SSSR count). The maximum Gasteiger partial charge on any atom is 0.0847 e. The molecule has 17 heavy (non-hydrogen) atoms. The molecule has 3 nitrogen and oxygen atoms in total. The fourth-order valence-corrected chi connectivity index (χ4v) is 2.33. The first-order chi connectivity index (χ1) is 8.11. The highest BCUT2D eigenvalue weighted by atomic mass is 35.5. The normalized spacial score (nSPS) is 17.4. The Kier molecular flexibility index (Phi) is 4.10. The molecular weight excluding hydrogens is 234 g/mol. The van der Waals surface area contributed by atoms with E-state index >= 15 is 0 Å². The molecule has 0 aromatic carbocycles. The quantitative estimate of drug-likeness (QED) is 0.847. The smallest absolute Gasteiger partial charge is 0.0847 e. The third-order valence-corrected chi connectivity index (χ3v) is 3.82. The summed E-state index contributed by atoms with van der Waals surface area (Å²) in [5.74, 6) is 0.606. The van der Waals surface area contributed by atoms with Crippen molar-refractivity contribution in [3.63, 3.8) is 0 Å². The van der Waals surface area contributed by atoms with Crippen LogP contribution in [0, 0.1) is 12.8 Å². The van der Waals surface area contributed by atoms with Crippen LogP contribution in [0.4, 0.5) is 0 Å². The Hall–Kier alpha value is -0.540. The standard InChI is InChI=1S/C13H22ClN3/c1-4-17-12(13(14)10(3)16-17)7-9(2)8-15-11-5-6-11/h9,11,15H,4-8H2,1-3H3. The van der Waals surface area contributed by atoms with Gasteiger partial charge in [-0.05, 0) is 45.6 Å². The van der Waals surface area contributed by atoms with E-state index in [4.69, 9.17) is 11.6 Å². The van der Waals surface area contributed by atoms with Crippen LogP contribution in [0.2, 0.25) is 5.02 Å². The molecule has 96 valence electrons. The molecular formula is C13H22ClN3. The van der Waals surface area contributed by atoms with Crippen LogP contribution in [0.5, 0.6) is 0 Å². The van der Waals surface area contributed by atoms with Gasteiger partial charge in [0.15, 0.2) is 0 Å². The van der Waals surface area contributed by atoms with Crippen molar-refractivity contribution >= 4 is 11.6 Å². The van der Waals surface area contributed by atoms with Gasteiger partial charge in [-0.2, -0.15) is 5.10 Å². The van der Waals surface area contributed by atoms with E-state index in [9.17, 15) is 0 Å². The third-order valence-electron chi connectivity index (χ3n) is 3.33. The molecule has 1 atom stereocenters. The number of hydrogen-bond acceptors (Lipinski definition) is 2. The maximum absolute atomic E-state index is 6.31. The second-order valence-corrected chi connectivity index (χ2v) is 5.53. The molecule has 0 bridgehead atoms. The van der Waals surface area contributed by atoms with Gasteiger partial charge >= 0.3 is 0 Å². The Balaban J connectivity index is 1.95. The van der Waals surface area contributed by atoms with E-state index in [1.165, 1.54) is 18.5 Å². The first-order valence-electron chi connectivity index (χ1n) is 6.57. The van der Waals surface area contributed by atoms with E-state index in [0.717, 1.165) is 36.3 Å². The zero-order valence-corrected chi connectivity index (χ0v) is 11.7. The largest absolute Gasteiger partial charge is 0.314 e. The van der Waals surface area contributed by atoms with E-state index in [2.05, 4.69) is 24.3 Å². The van der Waals surface area contributed by atoms with E-state index in [-0.39, 0.29) is 0 Å². The van der Waals surface area contributed by atoms with Gasteiger partial charge in [0.2, 0.25) is 0 Å². The van der Waals surface area contributed by atoms with Crippen molar-refractivity contribution in [1.82, 2.24) is 15.1 Å². The Morgan fingerprint density at radius 2 is 2.24 bits per heavy atom. The number of aromatic nitrogens is 2. The fraction of sp³-hybridized carbons (Fsp3) is 0.769. The van der Waals surface area contributed by atoms with E-state index in [1.54, 1.807) is 0 Å². The van der Waals surface area contributed by atoms with Crippen LogP contribution in [-0.2, 0) is 13.0 Å². The summed E-state index contributed by atoms with van der Waals surface area (Å²) in [5, 5.41) is 8.87. The molecule has 0 spiro atoms. The predicted octanol–water partition coefficient (Wildman–Crippen LogP) is 2.80. The molecule has 1 heterocycles. The lowest BCUT2D eigenvalue weighted by Crippen LogP contribution is -2.25. The number of nitrogens with zero attached hydrogens (tertiary/aromatic N) is 2. The van der Waals surface area contributed by atoms with E-state index in [0.29, 0.717) is 5.92 Å². The van der Waals surface area contributed by atoms with Crippen LogP contribution in [-0.4, -0.2) is 22.4 Å². The Bertz CT molecular complexity index is 382. The van der Waals surface area contributed by atoms with Gasteiger partial charge in [-0.3, -0.25) is 4.68 Å². The topological polar surface area (TPSA) is 29.9 Å². The minimum atomic E-state index is 0.606. The molecule has 1 fully saturated rings. The summed E-state index contributed by atoms with van der Waals surface area (Å²) in [6.07, 6.45) is 3.70. The van der Waals surface area contributed by atoms with Crippen molar-refractivity contribution in [2.45, 2.75) is 52.6 Å². The lowest BCUT2D eigenvalue weighted by Gasteiger charge is -2.13. The zero-order chi connectivity index (χ0) is 12.4. The minimum absolute atomic E-state index is 0.606. The summed E-state index contributed by atoms with van der Waals surface area (Å²) in [4.78, 5) is 0. The molecule has 1 saturated carbocycles. The highest BCUT2D eigenvalue weighted by Gasteiger charge is 2.22. The van der Waals surface area contributed by atoms with Gasteiger partial charge in [0.25, 0.3) is 0 Å². The molecule has 1 unspecified atom stereocenters. The molecule has 1 aliphatic carbocycles. The van der Waals surface area contributed by atoms with Gasteiger partial charge in [-0.15, -0.1) is 0 Å². The third kappa shape index (κ3) is 3.23. The van der Waals surface area contributed by atoms with Crippen molar-refractivity contribution in [3.05, 3.63) is 16.4 Å². The predicted molar refractivity (Wildman–Crippen MR) is 71.5 cm³/mol. The Labute approximate surface area is 109 Å². The number of aryl methyl sites for hydroxylation is 2. The molecule has 0 amide bonds. The van der Waals surface area contributed by atoms with Crippen molar-refractivity contribution in [2.24, 2.45) is 5.92 Å². The zero-order valence-electron chi connectivity index (χ0n) is 11.0. The second kappa shape index (κ2) is 5.40. The van der Waals surface area contributed by atoms with Gasteiger partial charge < -0.3 is 5.32 Å². The number of halogens is 1. The highest BCUT2D eigenvalue weighted by molar-refractivity contribution is 6.31. The number of hydrogen-bond donors (Lipinski definition) is 1. The van der Waals surface area contributed by atoms with Gasteiger partial charge in [0.05, 0.1) is 16.4 Å². The summed E-state index contributed by atoms with van der Waals surface area (Å²) in [6.45, 7) is 8.33. The fourth-order valence-electron chi connectivity index (χ4n) is 2.12. The van der Waals surface area contributed by atoms with Gasteiger partial charge in [0.1, 0.15) is 0 Å². The molecule has 1 aromatic heterocycles. The minimum Gasteiger partial charge on any atom is -0.314 e. The molecule has 4 heteroatoms. The highest BCUT2D eigenvalue weighted by Crippen LogP contribution is 2.24. The van der Waals surface area contributed by atoms with Crippen molar-refractivity contribution in [1.29, 1.82) is 0 Å². The van der Waals surface area contributed by atoms with Gasteiger partial charge in [-0.25, -0.2) is 0 Å². The lowest BCUT2D eigenvalue weighted by atomic mass is 10.1. The van der Waals surface area contributed by atoms with Crippen LogP contribution in [0.15, 0.2) is 0 Å². The summed E-state index contributed by atoms with van der Waals surface area (Å²) >= 11 is 6.31.